The lowest BCUT2D eigenvalue weighted by Gasteiger charge is -2.41. The van der Waals surface area contributed by atoms with Gasteiger partial charge in [0.25, 0.3) is 0 Å². The molecule has 0 radical (unpaired) electrons. The Morgan fingerprint density at radius 2 is 2.18 bits per heavy atom. The van der Waals surface area contributed by atoms with Crippen LogP contribution < -0.4 is 5.73 Å². The summed E-state index contributed by atoms with van der Waals surface area (Å²) in [5.41, 5.74) is 5.93. The first-order chi connectivity index (χ1) is 8.33. The fourth-order valence-corrected chi connectivity index (χ4v) is 3.25. The smallest absolute Gasteiger partial charge is 0.0702 e. The highest BCUT2D eigenvalue weighted by molar-refractivity contribution is 4.84. The molecule has 0 aromatic carbocycles. The van der Waals surface area contributed by atoms with E-state index >= 15 is 0 Å². The molecule has 0 aromatic heterocycles. The first kappa shape index (κ1) is 13.3. The van der Waals surface area contributed by atoms with Gasteiger partial charge < -0.3 is 10.5 Å². The van der Waals surface area contributed by atoms with Gasteiger partial charge in [-0.3, -0.25) is 4.90 Å². The molecule has 2 N–H and O–H groups in total. The van der Waals surface area contributed by atoms with Crippen molar-refractivity contribution in [2.75, 3.05) is 26.2 Å². The van der Waals surface area contributed by atoms with Gasteiger partial charge in [0.1, 0.15) is 0 Å². The van der Waals surface area contributed by atoms with Crippen LogP contribution in [0.2, 0.25) is 0 Å². The van der Waals surface area contributed by atoms with Crippen LogP contribution in [-0.4, -0.2) is 43.3 Å². The standard InChI is InChI=1S/C14H28N2O/c1-2-12-6-7-16(13(9-12)10-15)11-14-5-3-4-8-17-14/h12-14H,2-11,15H2,1H3. The van der Waals surface area contributed by atoms with E-state index in [0.717, 1.165) is 25.6 Å². The molecule has 3 unspecified atom stereocenters. The average Bonchev–Trinajstić information content (AvgIpc) is 2.40. The molecule has 3 atom stereocenters. The predicted octanol–water partition coefficient (Wildman–Crippen LogP) is 2.00. The maximum Gasteiger partial charge on any atom is 0.0702 e. The van der Waals surface area contributed by atoms with Crippen LogP contribution in [-0.2, 0) is 4.74 Å². The highest BCUT2D eigenvalue weighted by Crippen LogP contribution is 2.26. The molecule has 0 aliphatic carbocycles. The van der Waals surface area contributed by atoms with E-state index in [4.69, 9.17) is 10.5 Å². The van der Waals surface area contributed by atoms with Crippen molar-refractivity contribution in [2.24, 2.45) is 11.7 Å². The molecule has 2 heterocycles. The monoisotopic (exact) mass is 240 g/mol. The van der Waals surface area contributed by atoms with Gasteiger partial charge in [0, 0.05) is 25.7 Å². The zero-order chi connectivity index (χ0) is 12.1. The van der Waals surface area contributed by atoms with Crippen molar-refractivity contribution >= 4 is 0 Å². The lowest BCUT2D eigenvalue weighted by atomic mass is 9.88. The summed E-state index contributed by atoms with van der Waals surface area (Å²) < 4.78 is 5.84. The number of piperidine rings is 1. The maximum atomic E-state index is 5.93. The molecule has 17 heavy (non-hydrogen) atoms. The Labute approximate surface area is 106 Å². The zero-order valence-electron chi connectivity index (χ0n) is 11.2. The number of ether oxygens (including phenoxy) is 1. The lowest BCUT2D eigenvalue weighted by Crippen LogP contribution is -2.50. The normalized spacial score (nSPS) is 36.0. The van der Waals surface area contributed by atoms with Crippen molar-refractivity contribution in [3.8, 4) is 0 Å². The fourth-order valence-electron chi connectivity index (χ4n) is 3.25. The highest BCUT2D eigenvalue weighted by Gasteiger charge is 2.28. The van der Waals surface area contributed by atoms with Crippen LogP contribution in [0.1, 0.15) is 45.4 Å². The minimum absolute atomic E-state index is 0.468. The maximum absolute atomic E-state index is 5.93. The molecular weight excluding hydrogens is 212 g/mol. The number of nitrogens with zero attached hydrogens (tertiary/aromatic N) is 1. The third kappa shape index (κ3) is 3.67. The molecule has 2 aliphatic heterocycles. The van der Waals surface area contributed by atoms with E-state index in [1.807, 2.05) is 0 Å². The van der Waals surface area contributed by atoms with Crippen LogP contribution in [0.4, 0.5) is 0 Å². The zero-order valence-corrected chi connectivity index (χ0v) is 11.2. The Morgan fingerprint density at radius 1 is 1.29 bits per heavy atom. The van der Waals surface area contributed by atoms with Crippen molar-refractivity contribution < 1.29 is 4.74 Å². The molecule has 0 aromatic rings. The molecule has 2 rings (SSSR count). The van der Waals surface area contributed by atoms with E-state index in [-0.39, 0.29) is 0 Å². The number of hydrogen-bond donors (Lipinski definition) is 1. The molecule has 2 saturated heterocycles. The fraction of sp³-hybridized carbons (Fsp3) is 1.00. The second kappa shape index (κ2) is 6.72. The molecule has 2 aliphatic rings. The molecule has 3 nitrogen and oxygen atoms in total. The van der Waals surface area contributed by atoms with Crippen LogP contribution in [0.5, 0.6) is 0 Å². The SMILES string of the molecule is CCC1CCN(CC2CCCCO2)C(CN)C1. The summed E-state index contributed by atoms with van der Waals surface area (Å²) in [6.45, 7) is 6.41. The van der Waals surface area contributed by atoms with Crippen LogP contribution in [0.15, 0.2) is 0 Å². The summed E-state index contributed by atoms with van der Waals surface area (Å²) in [5, 5.41) is 0. The van der Waals surface area contributed by atoms with Crippen molar-refractivity contribution in [1.82, 2.24) is 4.90 Å². The molecule has 0 bridgehead atoms. The molecule has 0 amide bonds. The topological polar surface area (TPSA) is 38.5 Å². The Bertz CT molecular complexity index is 216. The molecule has 100 valence electrons. The second-order valence-corrected chi connectivity index (χ2v) is 5.67. The number of nitrogens with two attached hydrogens (primary N) is 1. The minimum atomic E-state index is 0.468. The van der Waals surface area contributed by atoms with E-state index in [0.29, 0.717) is 12.1 Å². The van der Waals surface area contributed by atoms with E-state index < -0.39 is 0 Å². The van der Waals surface area contributed by atoms with Gasteiger partial charge in [0.05, 0.1) is 6.10 Å². The van der Waals surface area contributed by atoms with Gasteiger partial charge in [-0.15, -0.1) is 0 Å². The van der Waals surface area contributed by atoms with Gasteiger partial charge in [-0.2, -0.15) is 0 Å². The molecule has 3 heteroatoms. The third-order valence-corrected chi connectivity index (χ3v) is 4.51. The summed E-state index contributed by atoms with van der Waals surface area (Å²) in [4.78, 5) is 2.59. The summed E-state index contributed by atoms with van der Waals surface area (Å²) in [7, 11) is 0. The first-order valence-electron chi connectivity index (χ1n) is 7.39. The molecule has 0 saturated carbocycles. The quantitative estimate of drug-likeness (QED) is 0.817. The van der Waals surface area contributed by atoms with Gasteiger partial charge in [-0.25, -0.2) is 0 Å². The number of rotatable bonds is 4. The van der Waals surface area contributed by atoms with Gasteiger partial charge in [0.15, 0.2) is 0 Å². The average molecular weight is 240 g/mol. The summed E-state index contributed by atoms with van der Waals surface area (Å²) in [6, 6.07) is 0.597. The molecule has 0 spiro atoms. The molecular formula is C14H28N2O. The Balaban J connectivity index is 1.82. The van der Waals surface area contributed by atoms with Crippen molar-refractivity contribution in [3.63, 3.8) is 0 Å². The summed E-state index contributed by atoms with van der Waals surface area (Å²) in [5.74, 6) is 0.895. The van der Waals surface area contributed by atoms with Crippen molar-refractivity contribution in [3.05, 3.63) is 0 Å². The number of hydrogen-bond acceptors (Lipinski definition) is 3. The van der Waals surface area contributed by atoms with Crippen LogP contribution in [0, 0.1) is 5.92 Å². The summed E-state index contributed by atoms with van der Waals surface area (Å²) >= 11 is 0. The highest BCUT2D eigenvalue weighted by atomic mass is 16.5. The van der Waals surface area contributed by atoms with Crippen LogP contribution in [0.25, 0.3) is 0 Å². The summed E-state index contributed by atoms with van der Waals surface area (Å²) in [6.07, 6.45) is 8.24. The van der Waals surface area contributed by atoms with E-state index in [2.05, 4.69) is 11.8 Å². The van der Waals surface area contributed by atoms with Gasteiger partial charge in [0.2, 0.25) is 0 Å². The van der Waals surface area contributed by atoms with Crippen LogP contribution in [0.3, 0.4) is 0 Å². The van der Waals surface area contributed by atoms with Crippen molar-refractivity contribution in [2.45, 2.75) is 57.6 Å². The predicted molar refractivity (Wildman–Crippen MR) is 71.0 cm³/mol. The van der Waals surface area contributed by atoms with E-state index in [1.165, 1.54) is 45.1 Å². The minimum Gasteiger partial charge on any atom is -0.377 e. The van der Waals surface area contributed by atoms with Gasteiger partial charge in [-0.1, -0.05) is 13.3 Å². The van der Waals surface area contributed by atoms with E-state index in [9.17, 15) is 0 Å². The molecule has 2 fully saturated rings. The Hall–Kier alpha value is -0.120. The lowest BCUT2D eigenvalue weighted by molar-refractivity contribution is -0.0229. The second-order valence-electron chi connectivity index (χ2n) is 5.67. The van der Waals surface area contributed by atoms with Crippen molar-refractivity contribution in [1.29, 1.82) is 0 Å². The van der Waals surface area contributed by atoms with Crippen LogP contribution >= 0.6 is 0 Å². The Morgan fingerprint density at radius 3 is 2.82 bits per heavy atom. The number of likely N-dealkylation sites (tertiary alicyclic amines) is 1. The first-order valence-corrected chi connectivity index (χ1v) is 7.39. The van der Waals surface area contributed by atoms with Gasteiger partial charge >= 0.3 is 0 Å². The van der Waals surface area contributed by atoms with Gasteiger partial charge in [-0.05, 0) is 44.6 Å². The largest absolute Gasteiger partial charge is 0.377 e. The third-order valence-electron chi connectivity index (χ3n) is 4.51. The Kier molecular flexibility index (Phi) is 5.26. The van der Waals surface area contributed by atoms with E-state index in [1.54, 1.807) is 0 Å².